The first-order valence-electron chi connectivity index (χ1n) is 12.6. The topological polar surface area (TPSA) is 38.7 Å². The van der Waals surface area contributed by atoms with Gasteiger partial charge in [0.05, 0.1) is 11.4 Å². The summed E-state index contributed by atoms with van der Waals surface area (Å²) in [4.78, 5) is 13.4. The predicted molar refractivity (Wildman–Crippen MR) is 159 cm³/mol. The molecular weight excluding hydrogens is 462 g/mol. The van der Waals surface area contributed by atoms with Gasteiger partial charge in [-0.05, 0) is 97.5 Å². The van der Waals surface area contributed by atoms with E-state index in [2.05, 4.69) is 89.3 Å². The summed E-state index contributed by atoms with van der Waals surface area (Å²) in [5.74, 6) is 0. The molecule has 3 aromatic heterocycles. The van der Waals surface area contributed by atoms with Crippen LogP contribution in [0.1, 0.15) is 5.56 Å². The molecule has 7 rings (SSSR count). The monoisotopic (exact) mass is 485 g/mol. The minimum absolute atomic E-state index is 0.914. The Morgan fingerprint density at radius 3 is 1.55 bits per heavy atom. The number of fused-ring (bicyclic) bond motifs is 6. The van der Waals surface area contributed by atoms with E-state index >= 15 is 0 Å². The van der Waals surface area contributed by atoms with Crippen LogP contribution in [0.4, 0.5) is 0 Å². The third kappa shape index (κ3) is 3.73. The second kappa shape index (κ2) is 9.06. The van der Waals surface area contributed by atoms with Crippen LogP contribution in [-0.4, -0.2) is 15.0 Å². The van der Waals surface area contributed by atoms with E-state index in [1.165, 1.54) is 32.3 Å². The van der Waals surface area contributed by atoms with Crippen LogP contribution >= 0.6 is 0 Å². The van der Waals surface area contributed by atoms with Gasteiger partial charge in [0.15, 0.2) is 0 Å². The fourth-order valence-electron chi connectivity index (χ4n) is 5.32. The predicted octanol–water partition coefficient (Wildman–Crippen LogP) is 8.98. The van der Waals surface area contributed by atoms with Crippen LogP contribution in [0.3, 0.4) is 0 Å². The largest absolute Gasteiger partial charge is 0.265 e. The summed E-state index contributed by atoms with van der Waals surface area (Å²) in [6, 6.07) is 34.4. The van der Waals surface area contributed by atoms with Crippen molar-refractivity contribution in [1.29, 1.82) is 0 Å². The van der Waals surface area contributed by atoms with Gasteiger partial charge < -0.3 is 0 Å². The molecule has 0 bridgehead atoms. The van der Waals surface area contributed by atoms with Crippen molar-refractivity contribution in [1.82, 2.24) is 15.0 Å². The lowest BCUT2D eigenvalue weighted by atomic mass is 9.91. The number of pyridine rings is 3. The molecule has 0 radical (unpaired) electrons. The molecule has 3 nitrogen and oxygen atoms in total. The Hall–Kier alpha value is -5.15. The molecule has 0 saturated heterocycles. The first-order valence-corrected chi connectivity index (χ1v) is 12.6. The summed E-state index contributed by atoms with van der Waals surface area (Å²) in [5.41, 5.74) is 7.29. The number of nitrogens with zero attached hydrogens (tertiary/aromatic N) is 3. The van der Waals surface area contributed by atoms with Gasteiger partial charge in [-0.15, -0.1) is 0 Å². The van der Waals surface area contributed by atoms with Crippen LogP contribution < -0.4 is 0 Å². The van der Waals surface area contributed by atoms with Crippen molar-refractivity contribution in [3.05, 3.63) is 134 Å². The summed E-state index contributed by atoms with van der Waals surface area (Å²) >= 11 is 0. The quantitative estimate of drug-likeness (QED) is 0.234. The molecule has 0 aliphatic carbocycles. The van der Waals surface area contributed by atoms with Crippen LogP contribution in [0, 0.1) is 0 Å². The van der Waals surface area contributed by atoms with E-state index in [0.29, 0.717) is 0 Å². The molecule has 4 aromatic carbocycles. The van der Waals surface area contributed by atoms with Gasteiger partial charge in [-0.25, -0.2) is 4.98 Å². The Labute approximate surface area is 220 Å². The van der Waals surface area contributed by atoms with Crippen molar-refractivity contribution in [2.24, 2.45) is 0 Å². The van der Waals surface area contributed by atoms with Crippen molar-refractivity contribution in [3.8, 4) is 33.6 Å². The van der Waals surface area contributed by atoms with E-state index in [-0.39, 0.29) is 0 Å². The normalized spacial score (nSPS) is 11.3. The zero-order valence-corrected chi connectivity index (χ0v) is 20.7. The lowest BCUT2D eigenvalue weighted by Gasteiger charge is -2.14. The van der Waals surface area contributed by atoms with Gasteiger partial charge in [-0.1, -0.05) is 61.2 Å². The van der Waals surface area contributed by atoms with Gasteiger partial charge >= 0.3 is 0 Å². The number of hydrogen-bond donors (Lipinski definition) is 0. The van der Waals surface area contributed by atoms with Crippen LogP contribution in [0.5, 0.6) is 0 Å². The third-order valence-electron chi connectivity index (χ3n) is 7.21. The van der Waals surface area contributed by atoms with Gasteiger partial charge in [0.2, 0.25) is 0 Å². The maximum atomic E-state index is 5.01. The highest BCUT2D eigenvalue weighted by Gasteiger charge is 2.13. The fourth-order valence-corrected chi connectivity index (χ4v) is 5.32. The number of hydrogen-bond acceptors (Lipinski definition) is 3. The molecule has 0 saturated carbocycles. The van der Waals surface area contributed by atoms with Gasteiger partial charge in [-0.3, -0.25) is 9.97 Å². The smallest absolute Gasteiger partial charge is 0.0716 e. The average Bonchev–Trinajstić information content (AvgIpc) is 3.01. The van der Waals surface area contributed by atoms with E-state index in [1.54, 1.807) is 24.8 Å². The lowest BCUT2D eigenvalue weighted by molar-refractivity contribution is 1.27. The Kier molecular flexibility index (Phi) is 5.26. The third-order valence-corrected chi connectivity index (χ3v) is 7.21. The van der Waals surface area contributed by atoms with Gasteiger partial charge in [0.1, 0.15) is 0 Å². The molecule has 7 aromatic rings. The molecular formula is C35H23N3. The average molecular weight is 486 g/mol. The van der Waals surface area contributed by atoms with Crippen molar-refractivity contribution in [3.63, 3.8) is 0 Å². The minimum Gasteiger partial charge on any atom is -0.265 e. The van der Waals surface area contributed by atoms with E-state index in [9.17, 15) is 0 Å². The summed E-state index contributed by atoms with van der Waals surface area (Å²) in [6.45, 7) is 3.97. The maximum absolute atomic E-state index is 5.01. The van der Waals surface area contributed by atoms with E-state index in [1.807, 2.05) is 30.3 Å². The highest BCUT2D eigenvalue weighted by Crippen LogP contribution is 2.38. The fraction of sp³-hybridized carbons (Fsp3) is 0. The van der Waals surface area contributed by atoms with Crippen molar-refractivity contribution in [2.75, 3.05) is 0 Å². The van der Waals surface area contributed by atoms with Gasteiger partial charge in [0.25, 0.3) is 0 Å². The van der Waals surface area contributed by atoms with Crippen molar-refractivity contribution in [2.45, 2.75) is 0 Å². The lowest BCUT2D eigenvalue weighted by Crippen LogP contribution is -1.92. The molecule has 0 spiro atoms. The van der Waals surface area contributed by atoms with Crippen LogP contribution in [0.15, 0.2) is 128 Å². The number of rotatable bonds is 4. The zero-order valence-electron chi connectivity index (χ0n) is 20.7. The van der Waals surface area contributed by atoms with E-state index in [0.717, 1.165) is 39.2 Å². The molecule has 0 amide bonds. The molecule has 3 heterocycles. The Balaban J connectivity index is 1.50. The minimum atomic E-state index is 0.914. The summed E-state index contributed by atoms with van der Waals surface area (Å²) in [7, 11) is 0. The molecule has 0 unspecified atom stereocenters. The molecule has 0 N–H and O–H groups in total. The second-order valence-corrected chi connectivity index (χ2v) is 9.41. The molecule has 178 valence electrons. The van der Waals surface area contributed by atoms with Crippen LogP contribution in [0.25, 0.3) is 72.0 Å². The summed E-state index contributed by atoms with van der Waals surface area (Å²) in [5, 5.41) is 7.49. The molecule has 38 heavy (non-hydrogen) atoms. The van der Waals surface area contributed by atoms with Gasteiger partial charge in [-0.2, -0.15) is 0 Å². The molecule has 3 heteroatoms. The van der Waals surface area contributed by atoms with Crippen molar-refractivity contribution >= 4 is 38.4 Å². The highest BCUT2D eigenvalue weighted by atomic mass is 14.7. The zero-order chi connectivity index (χ0) is 25.5. The van der Waals surface area contributed by atoms with E-state index in [4.69, 9.17) is 4.98 Å². The van der Waals surface area contributed by atoms with Crippen molar-refractivity contribution < 1.29 is 0 Å². The summed E-state index contributed by atoms with van der Waals surface area (Å²) in [6.07, 6.45) is 9.13. The first-order chi connectivity index (χ1) is 18.8. The standard InChI is InChI=1S/C35H23N3/c1-2-23-7-9-30-31-10-8-26(20-33(31)29-6-4-3-5-28(29)32(30)19-23)27-21-34(24-11-15-36-16-12-24)38-35(22-27)25-13-17-37-18-14-25/h2-22H,1H2. The first kappa shape index (κ1) is 22.1. The highest BCUT2D eigenvalue weighted by molar-refractivity contribution is 6.26. The van der Waals surface area contributed by atoms with E-state index < -0.39 is 0 Å². The molecule has 0 atom stereocenters. The number of aromatic nitrogens is 3. The maximum Gasteiger partial charge on any atom is 0.0716 e. The number of benzene rings is 4. The Morgan fingerprint density at radius 2 is 0.974 bits per heavy atom. The Morgan fingerprint density at radius 1 is 0.447 bits per heavy atom. The Bertz CT molecular complexity index is 1900. The summed E-state index contributed by atoms with van der Waals surface area (Å²) < 4.78 is 0. The van der Waals surface area contributed by atoms with Crippen LogP contribution in [-0.2, 0) is 0 Å². The molecule has 0 aliphatic heterocycles. The SMILES string of the molecule is C=Cc1ccc2c3ccc(-c4cc(-c5ccncc5)nc(-c5ccncc5)c4)cc3c3ccccc3c2c1. The molecule has 0 fully saturated rings. The molecule has 0 aliphatic rings. The second-order valence-electron chi connectivity index (χ2n) is 9.41. The van der Waals surface area contributed by atoms with Crippen LogP contribution in [0.2, 0.25) is 0 Å². The van der Waals surface area contributed by atoms with Gasteiger partial charge in [0, 0.05) is 35.9 Å².